The maximum absolute atomic E-state index is 5.62. The highest BCUT2D eigenvalue weighted by atomic mass is 32.1. The molecule has 2 unspecified atom stereocenters. The topological polar surface area (TPSA) is 43.4 Å². The predicted octanol–water partition coefficient (Wildman–Crippen LogP) is 2.36. The molecule has 1 aliphatic heterocycles. The Labute approximate surface area is 116 Å². The third-order valence-electron chi connectivity index (χ3n) is 3.22. The van der Waals surface area contributed by atoms with Crippen LogP contribution in [0.3, 0.4) is 0 Å². The van der Waals surface area contributed by atoms with Gasteiger partial charge >= 0.3 is 0 Å². The quantitative estimate of drug-likeness (QED) is 0.932. The van der Waals surface area contributed by atoms with E-state index in [1.54, 1.807) is 11.3 Å². The van der Waals surface area contributed by atoms with Crippen molar-refractivity contribution in [2.45, 2.75) is 19.1 Å². The Morgan fingerprint density at radius 3 is 3.11 bits per heavy atom. The molecule has 1 aromatic carbocycles. The van der Waals surface area contributed by atoms with Gasteiger partial charge in [0, 0.05) is 6.54 Å². The summed E-state index contributed by atoms with van der Waals surface area (Å²) in [5, 5.41) is 4.60. The highest BCUT2D eigenvalue weighted by molar-refractivity contribution is 7.18. The minimum absolute atomic E-state index is 0.158. The van der Waals surface area contributed by atoms with Crippen molar-refractivity contribution >= 4 is 21.6 Å². The highest BCUT2D eigenvalue weighted by Crippen LogP contribution is 2.25. The monoisotopic (exact) mass is 278 g/mol. The number of hydrogen-bond donors (Lipinski definition) is 1. The second kappa shape index (κ2) is 5.96. The predicted molar refractivity (Wildman–Crippen MR) is 76.6 cm³/mol. The van der Waals surface area contributed by atoms with Crippen molar-refractivity contribution in [3.05, 3.63) is 29.3 Å². The van der Waals surface area contributed by atoms with Crippen LogP contribution in [0.1, 0.15) is 18.0 Å². The summed E-state index contributed by atoms with van der Waals surface area (Å²) in [6.07, 6.45) is 0.158. The minimum Gasteiger partial charge on any atom is -0.376 e. The van der Waals surface area contributed by atoms with Gasteiger partial charge in [-0.05, 0) is 19.1 Å². The molecule has 2 heterocycles. The Kier molecular flexibility index (Phi) is 4.08. The van der Waals surface area contributed by atoms with E-state index in [-0.39, 0.29) is 12.1 Å². The van der Waals surface area contributed by atoms with E-state index in [1.165, 1.54) is 4.70 Å². The van der Waals surface area contributed by atoms with Crippen molar-refractivity contribution in [1.29, 1.82) is 0 Å². The largest absolute Gasteiger partial charge is 0.376 e. The Morgan fingerprint density at radius 2 is 2.32 bits per heavy atom. The van der Waals surface area contributed by atoms with Crippen molar-refractivity contribution in [3.8, 4) is 0 Å². The lowest BCUT2D eigenvalue weighted by molar-refractivity contribution is -0.0869. The number of nitrogens with one attached hydrogen (secondary N) is 1. The van der Waals surface area contributed by atoms with Crippen LogP contribution in [0.2, 0.25) is 0 Å². The molecular weight excluding hydrogens is 260 g/mol. The van der Waals surface area contributed by atoms with E-state index < -0.39 is 0 Å². The van der Waals surface area contributed by atoms with E-state index in [0.717, 1.165) is 17.1 Å². The van der Waals surface area contributed by atoms with E-state index in [0.29, 0.717) is 19.8 Å². The number of benzene rings is 1. The number of ether oxygens (including phenoxy) is 2. The molecule has 0 aliphatic carbocycles. The number of fused-ring (bicyclic) bond motifs is 1. The van der Waals surface area contributed by atoms with Crippen LogP contribution >= 0.6 is 11.3 Å². The third-order valence-corrected chi connectivity index (χ3v) is 4.44. The fourth-order valence-corrected chi connectivity index (χ4v) is 3.12. The molecule has 3 rings (SSSR count). The van der Waals surface area contributed by atoms with Gasteiger partial charge in [0.25, 0.3) is 0 Å². The van der Waals surface area contributed by atoms with Crippen LogP contribution in [-0.4, -0.2) is 37.5 Å². The van der Waals surface area contributed by atoms with Gasteiger partial charge in [0.1, 0.15) is 5.01 Å². The first-order chi connectivity index (χ1) is 9.33. The number of thiazole rings is 1. The Balaban J connectivity index is 1.61. The molecule has 1 aromatic heterocycles. The molecule has 1 fully saturated rings. The molecule has 4 nitrogen and oxygen atoms in total. The second-order valence-corrected chi connectivity index (χ2v) is 5.78. The first-order valence-electron chi connectivity index (χ1n) is 6.61. The first kappa shape index (κ1) is 13.0. The van der Waals surface area contributed by atoms with Crippen LogP contribution < -0.4 is 5.32 Å². The number of nitrogens with zero attached hydrogens (tertiary/aromatic N) is 1. The smallest absolute Gasteiger partial charge is 0.111 e. The maximum atomic E-state index is 5.62. The van der Waals surface area contributed by atoms with Crippen molar-refractivity contribution in [2.75, 3.05) is 26.4 Å². The van der Waals surface area contributed by atoms with Crippen molar-refractivity contribution in [2.24, 2.45) is 0 Å². The molecule has 1 aliphatic rings. The second-order valence-electron chi connectivity index (χ2n) is 4.72. The molecule has 0 bridgehead atoms. The summed E-state index contributed by atoms with van der Waals surface area (Å²) in [4.78, 5) is 4.66. The lowest BCUT2D eigenvalue weighted by atomic mass is 10.3. The lowest BCUT2D eigenvalue weighted by Crippen LogP contribution is -2.38. The molecule has 2 atom stereocenters. The molecule has 2 aromatic rings. The van der Waals surface area contributed by atoms with Crippen LogP contribution in [0.15, 0.2) is 24.3 Å². The van der Waals surface area contributed by atoms with Crippen molar-refractivity contribution in [3.63, 3.8) is 0 Å². The zero-order chi connectivity index (χ0) is 13.1. The number of aromatic nitrogens is 1. The van der Waals surface area contributed by atoms with Gasteiger partial charge < -0.3 is 14.8 Å². The minimum atomic E-state index is 0.158. The fraction of sp³-hybridized carbons (Fsp3) is 0.500. The molecule has 102 valence electrons. The van der Waals surface area contributed by atoms with Crippen LogP contribution in [0.4, 0.5) is 0 Å². The molecule has 1 saturated heterocycles. The lowest BCUT2D eigenvalue weighted by Gasteiger charge is -2.24. The average molecular weight is 278 g/mol. The molecule has 0 saturated carbocycles. The van der Waals surface area contributed by atoms with Crippen LogP contribution in [0, 0.1) is 0 Å². The van der Waals surface area contributed by atoms with Crippen LogP contribution in [-0.2, 0) is 9.47 Å². The van der Waals surface area contributed by atoms with Gasteiger partial charge in [-0.3, -0.25) is 0 Å². The Bertz CT molecular complexity index is 504. The molecule has 0 radical (unpaired) electrons. The van der Waals surface area contributed by atoms with Crippen LogP contribution in [0.25, 0.3) is 10.2 Å². The van der Waals surface area contributed by atoms with Crippen molar-refractivity contribution in [1.82, 2.24) is 10.3 Å². The summed E-state index contributed by atoms with van der Waals surface area (Å²) in [7, 11) is 0. The van der Waals surface area contributed by atoms with Gasteiger partial charge in [-0.15, -0.1) is 11.3 Å². The molecule has 19 heavy (non-hydrogen) atoms. The molecule has 1 N–H and O–H groups in total. The normalized spacial score (nSPS) is 21.6. The van der Waals surface area contributed by atoms with E-state index in [9.17, 15) is 0 Å². The molecular formula is C14H18N2O2S. The highest BCUT2D eigenvalue weighted by Gasteiger charge is 2.17. The SMILES string of the molecule is CC(NCC1COCCO1)c1nc2ccccc2s1. The Morgan fingerprint density at radius 1 is 1.42 bits per heavy atom. The number of para-hydroxylation sites is 1. The van der Waals surface area contributed by atoms with E-state index in [2.05, 4.69) is 35.4 Å². The first-order valence-corrected chi connectivity index (χ1v) is 7.43. The molecule has 0 spiro atoms. The number of hydrogen-bond acceptors (Lipinski definition) is 5. The van der Waals surface area contributed by atoms with Gasteiger partial charge in [0.2, 0.25) is 0 Å². The average Bonchev–Trinajstić information content (AvgIpc) is 2.90. The maximum Gasteiger partial charge on any atom is 0.111 e. The van der Waals surface area contributed by atoms with Crippen LogP contribution in [0.5, 0.6) is 0 Å². The molecule has 5 heteroatoms. The van der Waals surface area contributed by atoms with Gasteiger partial charge in [-0.1, -0.05) is 12.1 Å². The van der Waals surface area contributed by atoms with E-state index in [4.69, 9.17) is 9.47 Å². The number of rotatable bonds is 4. The molecule has 0 amide bonds. The van der Waals surface area contributed by atoms with Gasteiger partial charge in [0.15, 0.2) is 0 Å². The van der Waals surface area contributed by atoms with Gasteiger partial charge in [-0.2, -0.15) is 0 Å². The zero-order valence-electron chi connectivity index (χ0n) is 11.0. The Hall–Kier alpha value is -1.01. The fourth-order valence-electron chi connectivity index (χ4n) is 2.13. The van der Waals surface area contributed by atoms with E-state index >= 15 is 0 Å². The summed E-state index contributed by atoms with van der Waals surface area (Å²) in [6.45, 7) is 5.03. The zero-order valence-corrected chi connectivity index (χ0v) is 11.8. The summed E-state index contributed by atoms with van der Waals surface area (Å²) >= 11 is 1.75. The summed E-state index contributed by atoms with van der Waals surface area (Å²) < 4.78 is 12.2. The summed E-state index contributed by atoms with van der Waals surface area (Å²) in [6, 6.07) is 8.48. The van der Waals surface area contributed by atoms with Gasteiger partial charge in [0.05, 0.1) is 42.2 Å². The third kappa shape index (κ3) is 3.12. The standard InChI is InChI=1S/C14H18N2O2S/c1-10(15-8-11-9-17-6-7-18-11)14-16-12-4-2-3-5-13(12)19-14/h2-5,10-11,15H,6-9H2,1H3. The van der Waals surface area contributed by atoms with Crippen molar-refractivity contribution < 1.29 is 9.47 Å². The summed E-state index contributed by atoms with van der Waals surface area (Å²) in [5.41, 5.74) is 1.08. The van der Waals surface area contributed by atoms with E-state index in [1.807, 2.05) is 6.07 Å². The summed E-state index contributed by atoms with van der Waals surface area (Å²) in [5.74, 6) is 0. The van der Waals surface area contributed by atoms with Gasteiger partial charge in [-0.25, -0.2) is 4.98 Å².